The van der Waals surface area contributed by atoms with Crippen LogP contribution in [0, 0.1) is 0 Å². The third-order valence-electron chi connectivity index (χ3n) is 5.38. The van der Waals surface area contributed by atoms with Crippen molar-refractivity contribution in [2.75, 3.05) is 18.0 Å². The zero-order chi connectivity index (χ0) is 14.1. The summed E-state index contributed by atoms with van der Waals surface area (Å²) in [6.07, 6.45) is 8.40. The highest BCUT2D eigenvalue weighted by molar-refractivity contribution is 5.42. The number of nitrogens with zero attached hydrogens (tertiary/aromatic N) is 2. The summed E-state index contributed by atoms with van der Waals surface area (Å²) in [4.78, 5) is 6.95. The molecule has 1 aliphatic carbocycles. The van der Waals surface area contributed by atoms with Gasteiger partial charge in [-0.2, -0.15) is 0 Å². The molecule has 0 bridgehead atoms. The lowest BCUT2D eigenvalue weighted by Gasteiger charge is -2.45. The van der Waals surface area contributed by atoms with Gasteiger partial charge in [0, 0.05) is 19.3 Å². The quantitative estimate of drug-likeness (QED) is 0.785. The highest BCUT2D eigenvalue weighted by atomic mass is 15.2. The van der Waals surface area contributed by atoms with Gasteiger partial charge in [0.2, 0.25) is 0 Å². The summed E-state index contributed by atoms with van der Waals surface area (Å²) in [5.41, 5.74) is 3.66. The maximum Gasteiger partial charge on any atom is 0.128 e. The number of hydrogen-bond acceptors (Lipinski definition) is 2. The maximum absolute atomic E-state index is 4.51. The van der Waals surface area contributed by atoms with Gasteiger partial charge < -0.3 is 4.90 Å². The number of pyridine rings is 1. The van der Waals surface area contributed by atoms with Gasteiger partial charge in [0.05, 0.1) is 0 Å². The molecule has 1 aliphatic heterocycles. The van der Waals surface area contributed by atoms with Crippen molar-refractivity contribution in [3.8, 4) is 0 Å². The van der Waals surface area contributed by atoms with E-state index in [4.69, 9.17) is 0 Å². The van der Waals surface area contributed by atoms with Gasteiger partial charge in [-0.1, -0.05) is 30.3 Å². The fraction of sp³-hybridized carbons (Fsp3) is 0.421. The van der Waals surface area contributed by atoms with Crippen LogP contribution in [0.1, 0.15) is 36.8 Å². The van der Waals surface area contributed by atoms with E-state index in [1.54, 1.807) is 11.1 Å². The summed E-state index contributed by atoms with van der Waals surface area (Å²) in [6.45, 7) is 2.26. The monoisotopic (exact) mass is 278 g/mol. The Kier molecular flexibility index (Phi) is 3.17. The van der Waals surface area contributed by atoms with Crippen LogP contribution < -0.4 is 4.90 Å². The zero-order valence-electron chi connectivity index (χ0n) is 12.5. The Morgan fingerprint density at radius 3 is 2.52 bits per heavy atom. The van der Waals surface area contributed by atoms with Crippen molar-refractivity contribution in [1.82, 2.24) is 4.98 Å². The Morgan fingerprint density at radius 1 is 0.905 bits per heavy atom. The molecule has 21 heavy (non-hydrogen) atoms. The molecule has 2 aliphatic rings. The van der Waals surface area contributed by atoms with E-state index in [9.17, 15) is 0 Å². The van der Waals surface area contributed by atoms with Crippen molar-refractivity contribution in [2.45, 2.75) is 37.5 Å². The number of fused-ring (bicyclic) bond motifs is 2. The van der Waals surface area contributed by atoms with Gasteiger partial charge >= 0.3 is 0 Å². The molecule has 1 spiro atoms. The van der Waals surface area contributed by atoms with E-state index in [2.05, 4.69) is 46.3 Å². The standard InChI is InChI=1S/C19H22N2/c1-2-8-17-16(6-1)7-5-10-19(17)11-14-21(15-12-19)18-9-3-4-13-20-18/h1-4,6,8-9,13H,5,7,10-12,14-15H2. The van der Waals surface area contributed by atoms with E-state index < -0.39 is 0 Å². The van der Waals surface area contributed by atoms with Crippen LogP contribution in [-0.4, -0.2) is 18.1 Å². The van der Waals surface area contributed by atoms with Crippen molar-refractivity contribution in [3.05, 3.63) is 59.8 Å². The van der Waals surface area contributed by atoms with Crippen LogP contribution >= 0.6 is 0 Å². The highest BCUT2D eigenvalue weighted by Crippen LogP contribution is 2.45. The second-order valence-corrected chi connectivity index (χ2v) is 6.47. The minimum Gasteiger partial charge on any atom is -0.357 e. The molecule has 2 heterocycles. The lowest BCUT2D eigenvalue weighted by atomic mass is 9.65. The van der Waals surface area contributed by atoms with E-state index in [0.29, 0.717) is 5.41 Å². The zero-order valence-corrected chi connectivity index (χ0v) is 12.5. The molecule has 0 unspecified atom stereocenters. The molecule has 4 rings (SSSR count). The largest absolute Gasteiger partial charge is 0.357 e. The molecule has 108 valence electrons. The molecule has 1 aromatic carbocycles. The van der Waals surface area contributed by atoms with Crippen LogP contribution in [0.15, 0.2) is 48.7 Å². The summed E-state index contributed by atoms with van der Waals surface area (Å²) in [5.74, 6) is 1.14. The first kappa shape index (κ1) is 12.9. The normalized spacial score (nSPS) is 20.3. The minimum atomic E-state index is 0.431. The number of rotatable bonds is 1. The third kappa shape index (κ3) is 2.23. The molecule has 0 radical (unpaired) electrons. The van der Waals surface area contributed by atoms with Crippen LogP contribution in [0.5, 0.6) is 0 Å². The summed E-state index contributed by atoms with van der Waals surface area (Å²) < 4.78 is 0. The molecule has 0 saturated carbocycles. The van der Waals surface area contributed by atoms with Gasteiger partial charge in [0.15, 0.2) is 0 Å². The molecule has 2 nitrogen and oxygen atoms in total. The Morgan fingerprint density at radius 2 is 1.71 bits per heavy atom. The summed E-state index contributed by atoms with van der Waals surface area (Å²) in [7, 11) is 0. The highest BCUT2D eigenvalue weighted by Gasteiger charge is 2.39. The summed E-state index contributed by atoms with van der Waals surface area (Å²) >= 11 is 0. The van der Waals surface area contributed by atoms with Crippen molar-refractivity contribution in [2.24, 2.45) is 0 Å². The molecule has 0 atom stereocenters. The Labute approximate surface area is 126 Å². The number of piperidine rings is 1. The van der Waals surface area contributed by atoms with Gasteiger partial charge in [0.25, 0.3) is 0 Å². The second-order valence-electron chi connectivity index (χ2n) is 6.47. The Hall–Kier alpha value is -1.83. The minimum absolute atomic E-state index is 0.431. The Balaban J connectivity index is 1.58. The maximum atomic E-state index is 4.51. The smallest absolute Gasteiger partial charge is 0.128 e. The van der Waals surface area contributed by atoms with Gasteiger partial charge in [-0.25, -0.2) is 4.98 Å². The van der Waals surface area contributed by atoms with Gasteiger partial charge in [-0.3, -0.25) is 0 Å². The van der Waals surface area contributed by atoms with Crippen LogP contribution in [0.2, 0.25) is 0 Å². The van der Waals surface area contributed by atoms with E-state index in [0.717, 1.165) is 18.9 Å². The molecule has 1 saturated heterocycles. The van der Waals surface area contributed by atoms with Crippen molar-refractivity contribution >= 4 is 5.82 Å². The topological polar surface area (TPSA) is 16.1 Å². The fourth-order valence-corrected chi connectivity index (χ4v) is 4.23. The van der Waals surface area contributed by atoms with E-state index in [1.165, 1.54) is 32.1 Å². The number of benzene rings is 1. The van der Waals surface area contributed by atoms with E-state index >= 15 is 0 Å². The van der Waals surface area contributed by atoms with Crippen molar-refractivity contribution in [1.29, 1.82) is 0 Å². The molecule has 2 heteroatoms. The first-order valence-corrected chi connectivity index (χ1v) is 8.12. The summed E-state index contributed by atoms with van der Waals surface area (Å²) in [6, 6.07) is 15.3. The molecule has 1 fully saturated rings. The second kappa shape index (κ2) is 5.18. The first-order valence-electron chi connectivity index (χ1n) is 8.12. The number of aromatic nitrogens is 1. The van der Waals surface area contributed by atoms with Gasteiger partial charge in [0.1, 0.15) is 5.82 Å². The molecule has 2 aromatic rings. The van der Waals surface area contributed by atoms with Crippen LogP contribution in [0.4, 0.5) is 5.82 Å². The molecular weight excluding hydrogens is 256 g/mol. The average Bonchev–Trinajstić information content (AvgIpc) is 2.57. The van der Waals surface area contributed by atoms with Crippen molar-refractivity contribution in [3.63, 3.8) is 0 Å². The first-order chi connectivity index (χ1) is 10.4. The SMILES string of the molecule is c1ccc(N2CCC3(CCCc4ccccc43)CC2)nc1. The van der Waals surface area contributed by atoms with Gasteiger partial charge in [-0.05, 0) is 60.8 Å². The average molecular weight is 278 g/mol. The molecule has 0 N–H and O–H groups in total. The number of anilines is 1. The number of aryl methyl sites for hydroxylation is 1. The van der Waals surface area contributed by atoms with Crippen LogP contribution in [0.3, 0.4) is 0 Å². The lowest BCUT2D eigenvalue weighted by Crippen LogP contribution is -2.44. The Bertz CT molecular complexity index is 612. The molecule has 0 amide bonds. The van der Waals surface area contributed by atoms with Gasteiger partial charge in [-0.15, -0.1) is 0 Å². The van der Waals surface area contributed by atoms with E-state index in [-0.39, 0.29) is 0 Å². The fourth-order valence-electron chi connectivity index (χ4n) is 4.23. The third-order valence-corrected chi connectivity index (χ3v) is 5.38. The van der Waals surface area contributed by atoms with Crippen LogP contribution in [0.25, 0.3) is 0 Å². The molecular formula is C19H22N2. The van der Waals surface area contributed by atoms with Crippen LogP contribution in [-0.2, 0) is 11.8 Å². The predicted octanol–water partition coefficient (Wildman–Crippen LogP) is 3.96. The lowest BCUT2D eigenvalue weighted by molar-refractivity contribution is 0.286. The molecule has 1 aromatic heterocycles. The number of hydrogen-bond donors (Lipinski definition) is 0. The predicted molar refractivity (Wildman–Crippen MR) is 86.7 cm³/mol. The summed E-state index contributed by atoms with van der Waals surface area (Å²) in [5, 5.41) is 0. The van der Waals surface area contributed by atoms with E-state index in [1.807, 2.05) is 12.3 Å². The van der Waals surface area contributed by atoms with Crippen molar-refractivity contribution < 1.29 is 0 Å².